The van der Waals surface area contributed by atoms with Gasteiger partial charge in [-0.3, -0.25) is 9.88 Å². The molecule has 1 saturated heterocycles. The molecule has 1 fully saturated rings. The molecule has 198 valence electrons. The molecule has 0 spiro atoms. The van der Waals surface area contributed by atoms with Crippen LogP contribution in [0.25, 0.3) is 22.2 Å². The molecule has 0 unspecified atom stereocenters. The van der Waals surface area contributed by atoms with Crippen LogP contribution in [0.1, 0.15) is 37.9 Å². The van der Waals surface area contributed by atoms with E-state index >= 15 is 0 Å². The number of pyridine rings is 2. The molecule has 0 aliphatic carbocycles. The minimum absolute atomic E-state index is 0.234. The Morgan fingerprint density at radius 3 is 2.50 bits per heavy atom. The number of carbonyl (C=O) groups is 1. The fourth-order valence-corrected chi connectivity index (χ4v) is 4.57. The standard InChI is InChI=1S/C29H34N6O3/c1-29(2,3)38-28(36)35-13-11-34(12-14-35)19-20-9-10-30-23(15-20)17-26-32-24-7-5-21(16-25(24)33-26)22-6-8-27(37-4)31-18-22/h5-10,15-16,18H,11-14,17,19H2,1-4H3,(H,32,33). The normalized spacial score (nSPS) is 14.6. The summed E-state index contributed by atoms with van der Waals surface area (Å²) < 4.78 is 10.7. The third kappa shape index (κ3) is 6.28. The van der Waals surface area contributed by atoms with Crippen molar-refractivity contribution >= 4 is 17.1 Å². The zero-order valence-electron chi connectivity index (χ0n) is 22.4. The molecule has 1 aliphatic rings. The van der Waals surface area contributed by atoms with Gasteiger partial charge in [0.1, 0.15) is 11.4 Å². The van der Waals surface area contributed by atoms with Crippen molar-refractivity contribution in [2.24, 2.45) is 0 Å². The molecule has 0 bridgehead atoms. The van der Waals surface area contributed by atoms with Gasteiger partial charge in [-0.25, -0.2) is 14.8 Å². The molecule has 4 aromatic rings. The molecule has 5 rings (SSSR count). The zero-order chi connectivity index (χ0) is 26.7. The molecule has 0 atom stereocenters. The molecule has 38 heavy (non-hydrogen) atoms. The van der Waals surface area contributed by atoms with Gasteiger partial charge in [-0.15, -0.1) is 0 Å². The smallest absolute Gasteiger partial charge is 0.410 e. The van der Waals surface area contributed by atoms with Gasteiger partial charge in [-0.2, -0.15) is 0 Å². The number of nitrogens with one attached hydrogen (secondary N) is 1. The van der Waals surface area contributed by atoms with Gasteiger partial charge in [0.15, 0.2) is 0 Å². The van der Waals surface area contributed by atoms with Gasteiger partial charge in [0.25, 0.3) is 0 Å². The van der Waals surface area contributed by atoms with Crippen LogP contribution in [0.4, 0.5) is 4.79 Å². The summed E-state index contributed by atoms with van der Waals surface area (Å²) in [6.07, 6.45) is 4.05. The molecular formula is C29H34N6O3. The number of aromatic amines is 1. The van der Waals surface area contributed by atoms with Gasteiger partial charge in [0.05, 0.1) is 18.1 Å². The maximum absolute atomic E-state index is 12.3. The minimum atomic E-state index is -0.474. The molecule has 1 amide bonds. The summed E-state index contributed by atoms with van der Waals surface area (Å²) in [5, 5.41) is 0. The average molecular weight is 515 g/mol. The van der Waals surface area contributed by atoms with E-state index in [0.29, 0.717) is 25.4 Å². The van der Waals surface area contributed by atoms with Crippen LogP contribution >= 0.6 is 0 Å². The fourth-order valence-electron chi connectivity index (χ4n) is 4.57. The number of fused-ring (bicyclic) bond motifs is 1. The van der Waals surface area contributed by atoms with Gasteiger partial charge in [0, 0.05) is 68.9 Å². The Morgan fingerprint density at radius 1 is 1.00 bits per heavy atom. The number of ether oxygens (including phenoxy) is 2. The lowest BCUT2D eigenvalue weighted by Gasteiger charge is -2.35. The molecule has 1 N–H and O–H groups in total. The molecular weight excluding hydrogens is 480 g/mol. The van der Waals surface area contributed by atoms with Crippen molar-refractivity contribution in [1.29, 1.82) is 0 Å². The Bertz CT molecular complexity index is 1400. The van der Waals surface area contributed by atoms with Gasteiger partial charge in [-0.1, -0.05) is 6.07 Å². The van der Waals surface area contributed by atoms with Crippen molar-refractivity contribution in [2.45, 2.75) is 39.3 Å². The lowest BCUT2D eigenvalue weighted by Crippen LogP contribution is -2.49. The number of carbonyl (C=O) groups excluding carboxylic acids is 1. The summed E-state index contributed by atoms with van der Waals surface area (Å²) in [6.45, 7) is 9.46. The number of aromatic nitrogens is 4. The van der Waals surface area contributed by atoms with Crippen molar-refractivity contribution in [3.8, 4) is 17.0 Å². The van der Waals surface area contributed by atoms with E-state index in [-0.39, 0.29) is 6.09 Å². The van der Waals surface area contributed by atoms with Crippen LogP contribution < -0.4 is 4.74 Å². The zero-order valence-corrected chi connectivity index (χ0v) is 22.4. The van der Waals surface area contributed by atoms with E-state index in [4.69, 9.17) is 14.5 Å². The number of piperazine rings is 1. The van der Waals surface area contributed by atoms with Gasteiger partial charge in [-0.05, 0) is 62.2 Å². The summed E-state index contributed by atoms with van der Waals surface area (Å²) in [5.74, 6) is 1.47. The van der Waals surface area contributed by atoms with E-state index in [1.54, 1.807) is 12.0 Å². The molecule has 0 saturated carbocycles. The number of methoxy groups -OCH3 is 1. The summed E-state index contributed by atoms with van der Waals surface area (Å²) in [7, 11) is 1.61. The molecule has 1 aromatic carbocycles. The van der Waals surface area contributed by atoms with E-state index < -0.39 is 5.60 Å². The van der Waals surface area contributed by atoms with E-state index in [0.717, 1.165) is 53.3 Å². The first kappa shape index (κ1) is 25.7. The number of hydrogen-bond acceptors (Lipinski definition) is 7. The summed E-state index contributed by atoms with van der Waals surface area (Å²) >= 11 is 0. The Morgan fingerprint density at radius 2 is 1.79 bits per heavy atom. The lowest BCUT2D eigenvalue weighted by atomic mass is 10.1. The first-order valence-electron chi connectivity index (χ1n) is 12.9. The highest BCUT2D eigenvalue weighted by Crippen LogP contribution is 2.24. The van der Waals surface area contributed by atoms with Gasteiger partial charge >= 0.3 is 6.09 Å². The number of imidazole rings is 1. The van der Waals surface area contributed by atoms with Crippen LogP contribution in [-0.4, -0.2) is 74.7 Å². The highest BCUT2D eigenvalue weighted by Gasteiger charge is 2.25. The van der Waals surface area contributed by atoms with Crippen LogP contribution in [0.3, 0.4) is 0 Å². The third-order valence-corrected chi connectivity index (χ3v) is 6.47. The molecule has 0 radical (unpaired) electrons. The predicted octanol–water partition coefficient (Wildman–Crippen LogP) is 4.67. The Labute approximate surface area is 222 Å². The van der Waals surface area contributed by atoms with Crippen molar-refractivity contribution in [2.75, 3.05) is 33.3 Å². The van der Waals surface area contributed by atoms with E-state index in [2.05, 4.69) is 44.1 Å². The largest absolute Gasteiger partial charge is 0.481 e. The first-order valence-corrected chi connectivity index (χ1v) is 12.9. The number of benzene rings is 1. The van der Waals surface area contributed by atoms with Gasteiger partial charge < -0.3 is 19.4 Å². The Kier molecular flexibility index (Phi) is 7.28. The van der Waals surface area contributed by atoms with Crippen molar-refractivity contribution in [3.05, 3.63) is 71.9 Å². The van der Waals surface area contributed by atoms with Crippen LogP contribution in [0.15, 0.2) is 54.9 Å². The number of rotatable bonds is 6. The summed E-state index contributed by atoms with van der Waals surface area (Å²) in [4.78, 5) is 33.6. The second-order valence-electron chi connectivity index (χ2n) is 10.6. The number of amides is 1. The molecule has 9 heteroatoms. The second-order valence-corrected chi connectivity index (χ2v) is 10.6. The van der Waals surface area contributed by atoms with Crippen LogP contribution in [0.5, 0.6) is 5.88 Å². The van der Waals surface area contributed by atoms with E-state index in [1.165, 1.54) is 5.56 Å². The highest BCUT2D eigenvalue weighted by atomic mass is 16.6. The van der Waals surface area contributed by atoms with Crippen molar-refractivity contribution in [3.63, 3.8) is 0 Å². The minimum Gasteiger partial charge on any atom is -0.481 e. The Balaban J connectivity index is 1.20. The van der Waals surface area contributed by atoms with Gasteiger partial charge in [0.2, 0.25) is 5.88 Å². The number of nitrogens with zero attached hydrogens (tertiary/aromatic N) is 5. The molecule has 4 heterocycles. The van der Waals surface area contributed by atoms with Crippen molar-refractivity contribution < 1.29 is 14.3 Å². The SMILES string of the molecule is COc1ccc(-c2ccc3nc(Cc4cc(CN5CCN(C(=O)OC(C)(C)C)CC5)ccn4)[nH]c3c2)cn1. The first-order chi connectivity index (χ1) is 18.3. The van der Waals surface area contributed by atoms with E-state index in [1.807, 2.05) is 51.4 Å². The lowest BCUT2D eigenvalue weighted by molar-refractivity contribution is 0.0139. The monoisotopic (exact) mass is 514 g/mol. The van der Waals surface area contributed by atoms with Crippen molar-refractivity contribution in [1.82, 2.24) is 29.7 Å². The topological polar surface area (TPSA) is 96.5 Å². The average Bonchev–Trinajstić information content (AvgIpc) is 3.30. The summed E-state index contributed by atoms with van der Waals surface area (Å²) in [5.41, 5.74) is 5.67. The summed E-state index contributed by atoms with van der Waals surface area (Å²) in [6, 6.07) is 14.2. The fraction of sp³-hybridized carbons (Fsp3) is 0.379. The highest BCUT2D eigenvalue weighted by molar-refractivity contribution is 5.82. The maximum Gasteiger partial charge on any atom is 0.410 e. The Hall–Kier alpha value is -3.98. The third-order valence-electron chi connectivity index (χ3n) is 6.47. The van der Waals surface area contributed by atoms with Crippen LogP contribution in [0, 0.1) is 0 Å². The quantitative estimate of drug-likeness (QED) is 0.399. The number of H-pyrrole nitrogens is 1. The number of hydrogen-bond donors (Lipinski definition) is 1. The molecule has 1 aliphatic heterocycles. The molecule has 3 aromatic heterocycles. The molecule has 9 nitrogen and oxygen atoms in total. The predicted molar refractivity (Wildman–Crippen MR) is 146 cm³/mol. The van der Waals surface area contributed by atoms with Crippen LogP contribution in [-0.2, 0) is 17.7 Å². The van der Waals surface area contributed by atoms with Crippen LogP contribution in [0.2, 0.25) is 0 Å². The van der Waals surface area contributed by atoms with E-state index in [9.17, 15) is 4.79 Å². The maximum atomic E-state index is 12.3. The second kappa shape index (κ2) is 10.8.